The average Bonchev–Trinajstić information content (AvgIpc) is 3.34. The van der Waals surface area contributed by atoms with E-state index in [4.69, 9.17) is 0 Å². The number of sulfone groups is 1. The quantitative estimate of drug-likeness (QED) is 0.360. The molecule has 0 radical (unpaired) electrons. The van der Waals surface area contributed by atoms with Crippen LogP contribution in [0.2, 0.25) is 0 Å². The molecule has 178 valence electrons. The summed E-state index contributed by atoms with van der Waals surface area (Å²) in [6.07, 6.45) is 1.46. The van der Waals surface area contributed by atoms with E-state index in [1.165, 1.54) is 6.07 Å². The van der Waals surface area contributed by atoms with Crippen LogP contribution >= 0.6 is 0 Å². The monoisotopic (exact) mass is 491 g/mol. The molecule has 8 nitrogen and oxygen atoms in total. The Morgan fingerprint density at radius 3 is 2.60 bits per heavy atom. The van der Waals surface area contributed by atoms with Crippen molar-refractivity contribution in [3.05, 3.63) is 89.8 Å². The first-order valence-corrected chi connectivity index (χ1v) is 12.9. The molecule has 0 aliphatic heterocycles. The van der Waals surface area contributed by atoms with Gasteiger partial charge in [0.1, 0.15) is 29.8 Å². The molecule has 0 unspecified atom stereocenters. The summed E-state index contributed by atoms with van der Waals surface area (Å²) in [6, 6.07) is 19.0. The van der Waals surface area contributed by atoms with Crippen molar-refractivity contribution in [1.82, 2.24) is 19.5 Å². The first-order valence-electron chi connectivity index (χ1n) is 10.9. The number of benzene rings is 3. The maximum atomic E-state index is 14.0. The van der Waals surface area contributed by atoms with Gasteiger partial charge in [0.05, 0.1) is 22.1 Å². The predicted octanol–water partition coefficient (Wildman–Crippen LogP) is 3.83. The summed E-state index contributed by atoms with van der Waals surface area (Å²) in [5.74, 6) is 0.0471. The van der Waals surface area contributed by atoms with E-state index in [1.54, 1.807) is 53.1 Å². The minimum absolute atomic E-state index is 0.0923. The molecule has 5 aromatic rings. The highest BCUT2D eigenvalue weighted by Gasteiger charge is 2.17. The number of nitrogens with one attached hydrogen (secondary N) is 2. The van der Waals surface area contributed by atoms with E-state index in [0.29, 0.717) is 51.4 Å². The molecule has 2 aromatic heterocycles. The Morgan fingerprint density at radius 2 is 1.80 bits per heavy atom. The molecule has 0 spiro atoms. The van der Waals surface area contributed by atoms with Gasteiger partial charge in [0.2, 0.25) is 5.91 Å². The summed E-state index contributed by atoms with van der Waals surface area (Å²) >= 11 is 0. The second-order valence-electron chi connectivity index (χ2n) is 8.40. The Balaban J connectivity index is 1.36. The van der Waals surface area contributed by atoms with Crippen molar-refractivity contribution < 1.29 is 17.6 Å². The molecule has 1 amide bonds. The van der Waals surface area contributed by atoms with E-state index >= 15 is 0 Å². The number of hydrogen-bond acceptors (Lipinski definition) is 5. The molecule has 0 atom stereocenters. The molecule has 35 heavy (non-hydrogen) atoms. The summed E-state index contributed by atoms with van der Waals surface area (Å²) in [5, 5.41) is 2.85. The van der Waals surface area contributed by atoms with Gasteiger partial charge in [-0.1, -0.05) is 30.3 Å². The lowest BCUT2D eigenvalue weighted by Crippen LogP contribution is -2.21. The van der Waals surface area contributed by atoms with Crippen molar-refractivity contribution >= 4 is 43.5 Å². The van der Waals surface area contributed by atoms with Gasteiger partial charge in [0, 0.05) is 18.4 Å². The van der Waals surface area contributed by atoms with Gasteiger partial charge in [-0.3, -0.25) is 4.79 Å². The lowest BCUT2D eigenvalue weighted by Gasteiger charge is -2.10. The highest BCUT2D eigenvalue weighted by molar-refractivity contribution is 7.89. The van der Waals surface area contributed by atoms with E-state index < -0.39 is 9.84 Å². The van der Waals surface area contributed by atoms with Crippen LogP contribution in [0.3, 0.4) is 0 Å². The van der Waals surface area contributed by atoms with E-state index in [2.05, 4.69) is 20.3 Å². The molecular formula is C25H22FN5O3S. The zero-order valence-electron chi connectivity index (χ0n) is 18.8. The third-order valence-corrected chi connectivity index (χ3v) is 6.34. The number of nitrogens with zero attached hydrogens (tertiary/aromatic N) is 3. The van der Waals surface area contributed by atoms with Gasteiger partial charge in [-0.25, -0.2) is 22.8 Å². The van der Waals surface area contributed by atoms with Crippen LogP contribution in [0.1, 0.15) is 17.2 Å². The normalized spacial score (nSPS) is 11.8. The molecule has 3 aromatic carbocycles. The number of carbonyl (C=O) groups excluding carboxylic acids is 1. The van der Waals surface area contributed by atoms with Gasteiger partial charge in [-0.2, -0.15) is 0 Å². The average molecular weight is 492 g/mol. The highest BCUT2D eigenvalue weighted by Crippen LogP contribution is 2.21. The molecule has 0 fully saturated rings. The van der Waals surface area contributed by atoms with Crippen LogP contribution in [0.25, 0.3) is 22.1 Å². The van der Waals surface area contributed by atoms with Crippen molar-refractivity contribution in [3.63, 3.8) is 0 Å². The molecule has 0 saturated carbocycles. The number of imidazole rings is 2. The summed E-state index contributed by atoms with van der Waals surface area (Å²) < 4.78 is 39.4. The van der Waals surface area contributed by atoms with Crippen molar-refractivity contribution in [2.75, 3.05) is 11.6 Å². The fraction of sp³-hybridized carbons (Fsp3) is 0.160. The predicted molar refractivity (Wildman–Crippen MR) is 132 cm³/mol. The van der Waals surface area contributed by atoms with E-state index in [0.717, 1.165) is 6.26 Å². The van der Waals surface area contributed by atoms with E-state index in [9.17, 15) is 17.6 Å². The summed E-state index contributed by atoms with van der Waals surface area (Å²) in [5.41, 5.74) is 3.81. The third-order valence-electron chi connectivity index (χ3n) is 5.56. The van der Waals surface area contributed by atoms with Crippen LogP contribution < -0.4 is 5.32 Å². The molecule has 0 bridgehead atoms. The molecule has 0 aliphatic carbocycles. The molecule has 5 rings (SSSR count). The number of halogens is 1. The Labute approximate surface area is 200 Å². The van der Waals surface area contributed by atoms with Gasteiger partial charge < -0.3 is 14.9 Å². The third kappa shape index (κ3) is 5.07. The number of para-hydroxylation sites is 2. The fourth-order valence-corrected chi connectivity index (χ4v) is 4.73. The van der Waals surface area contributed by atoms with Crippen molar-refractivity contribution in [2.24, 2.45) is 0 Å². The second kappa shape index (κ2) is 8.95. The van der Waals surface area contributed by atoms with Crippen molar-refractivity contribution in [1.29, 1.82) is 0 Å². The molecule has 10 heteroatoms. The number of amides is 1. The zero-order valence-corrected chi connectivity index (χ0v) is 19.6. The van der Waals surface area contributed by atoms with Gasteiger partial charge in [0.15, 0.2) is 9.84 Å². The van der Waals surface area contributed by atoms with Crippen LogP contribution in [0.15, 0.2) is 66.7 Å². The SMILES string of the molecule is CS(=O)(=O)Cc1nc2ccccc2n1CC(=O)Nc1ccc2nc(Cc3ccccc3F)[nH]c2c1. The van der Waals surface area contributed by atoms with Gasteiger partial charge in [0.25, 0.3) is 0 Å². The number of hydrogen-bond donors (Lipinski definition) is 2. The van der Waals surface area contributed by atoms with E-state index in [-0.39, 0.29) is 24.0 Å². The minimum atomic E-state index is -3.34. The number of anilines is 1. The highest BCUT2D eigenvalue weighted by atomic mass is 32.2. The van der Waals surface area contributed by atoms with Crippen LogP contribution in [0, 0.1) is 5.82 Å². The van der Waals surface area contributed by atoms with Crippen LogP contribution in [0.4, 0.5) is 10.1 Å². The maximum Gasteiger partial charge on any atom is 0.244 e. The Kier molecular flexibility index (Phi) is 5.81. The van der Waals surface area contributed by atoms with Crippen molar-refractivity contribution in [3.8, 4) is 0 Å². The zero-order chi connectivity index (χ0) is 24.6. The minimum Gasteiger partial charge on any atom is -0.342 e. The first-order chi connectivity index (χ1) is 16.7. The molecule has 2 N–H and O–H groups in total. The maximum absolute atomic E-state index is 14.0. The number of rotatable bonds is 7. The standard InChI is InChI=1S/C25H22FN5O3S/c1-35(33,34)15-24-30-20-8-4-5-9-22(20)31(24)14-25(32)27-17-10-11-19-21(13-17)29-23(28-19)12-16-6-2-3-7-18(16)26/h2-11,13H,12,14-15H2,1H3,(H,27,32)(H,28,29). The number of fused-ring (bicyclic) bond motifs is 2. The number of aromatic nitrogens is 4. The second-order valence-corrected chi connectivity index (χ2v) is 10.5. The fourth-order valence-electron chi connectivity index (χ4n) is 4.04. The van der Waals surface area contributed by atoms with Gasteiger partial charge >= 0.3 is 0 Å². The first kappa shape index (κ1) is 22.7. The van der Waals surface area contributed by atoms with Gasteiger partial charge in [-0.15, -0.1) is 0 Å². The number of carbonyl (C=O) groups is 1. The van der Waals surface area contributed by atoms with Crippen molar-refractivity contribution in [2.45, 2.75) is 18.7 Å². The van der Waals surface area contributed by atoms with Crippen LogP contribution in [-0.2, 0) is 33.4 Å². The van der Waals surface area contributed by atoms with Crippen LogP contribution in [-0.4, -0.2) is 40.1 Å². The molecule has 0 aliphatic rings. The molecular weight excluding hydrogens is 469 g/mol. The summed E-state index contributed by atoms with van der Waals surface area (Å²) in [7, 11) is -3.34. The lowest BCUT2D eigenvalue weighted by atomic mass is 10.1. The topological polar surface area (TPSA) is 110 Å². The lowest BCUT2D eigenvalue weighted by molar-refractivity contribution is -0.116. The number of H-pyrrole nitrogens is 1. The Morgan fingerprint density at radius 1 is 1.03 bits per heavy atom. The van der Waals surface area contributed by atoms with E-state index in [1.807, 2.05) is 12.1 Å². The summed E-state index contributed by atoms with van der Waals surface area (Å²) in [6.45, 7) is -0.0923. The van der Waals surface area contributed by atoms with Crippen LogP contribution in [0.5, 0.6) is 0 Å². The molecule has 2 heterocycles. The Hall–Kier alpha value is -4.05. The Bertz CT molecular complexity index is 1670. The summed E-state index contributed by atoms with van der Waals surface area (Å²) in [4.78, 5) is 25.0. The number of aromatic amines is 1. The smallest absolute Gasteiger partial charge is 0.244 e. The largest absolute Gasteiger partial charge is 0.342 e. The van der Waals surface area contributed by atoms with Gasteiger partial charge in [-0.05, 0) is 42.0 Å². The molecule has 0 saturated heterocycles.